The number of benzene rings is 1. The van der Waals surface area contributed by atoms with Crippen LogP contribution in [0.3, 0.4) is 0 Å². The van der Waals surface area contributed by atoms with Gasteiger partial charge < -0.3 is 20.8 Å². The van der Waals surface area contributed by atoms with Crippen molar-refractivity contribution in [3.05, 3.63) is 29.8 Å². The molecule has 0 aliphatic rings. The summed E-state index contributed by atoms with van der Waals surface area (Å²) in [6.45, 7) is 2.23. The van der Waals surface area contributed by atoms with E-state index in [0.29, 0.717) is 5.69 Å². The van der Waals surface area contributed by atoms with Gasteiger partial charge in [-0.05, 0) is 30.5 Å². The number of carboxylic acids is 1. The molecule has 6 nitrogen and oxygen atoms in total. The highest BCUT2D eigenvalue weighted by Gasteiger charge is 2.12. The Kier molecular flexibility index (Phi) is 7.25. The van der Waals surface area contributed by atoms with Crippen LogP contribution >= 0.6 is 0 Å². The van der Waals surface area contributed by atoms with Crippen LogP contribution in [0.4, 0.5) is 10.5 Å². The zero-order valence-corrected chi connectivity index (χ0v) is 12.1. The molecule has 1 atom stereocenters. The van der Waals surface area contributed by atoms with E-state index in [1.54, 1.807) is 0 Å². The average molecular weight is 294 g/mol. The second-order valence-corrected chi connectivity index (χ2v) is 4.82. The number of amides is 2. The number of hydrogen-bond donors (Lipinski definition) is 4. The molecule has 1 aromatic rings. The van der Waals surface area contributed by atoms with E-state index in [2.05, 4.69) is 17.6 Å². The largest absolute Gasteiger partial charge is 0.479 e. The molecule has 0 aliphatic heterocycles. The van der Waals surface area contributed by atoms with Crippen LogP contribution in [0.25, 0.3) is 0 Å². The molecule has 0 fully saturated rings. The summed E-state index contributed by atoms with van der Waals surface area (Å²) >= 11 is 0. The third-order valence-electron chi connectivity index (χ3n) is 3.02. The van der Waals surface area contributed by atoms with Crippen LogP contribution in [0.1, 0.15) is 31.7 Å². The summed E-state index contributed by atoms with van der Waals surface area (Å²) in [4.78, 5) is 22.0. The Labute approximate surface area is 124 Å². The van der Waals surface area contributed by atoms with E-state index >= 15 is 0 Å². The molecule has 0 radical (unpaired) electrons. The van der Waals surface area contributed by atoms with Crippen LogP contribution in [-0.4, -0.2) is 34.9 Å². The monoisotopic (exact) mass is 294 g/mol. The van der Waals surface area contributed by atoms with E-state index < -0.39 is 18.1 Å². The summed E-state index contributed by atoms with van der Waals surface area (Å²) in [5, 5.41) is 22.7. The number of aliphatic carboxylic acids is 1. The fraction of sp³-hybridized carbons (Fsp3) is 0.467. The molecular weight excluding hydrogens is 272 g/mol. The molecule has 4 N–H and O–H groups in total. The highest BCUT2D eigenvalue weighted by atomic mass is 16.4. The van der Waals surface area contributed by atoms with Gasteiger partial charge in [0.2, 0.25) is 0 Å². The van der Waals surface area contributed by atoms with Crippen LogP contribution in [0.5, 0.6) is 0 Å². The molecule has 0 saturated heterocycles. The Hall–Kier alpha value is -2.08. The van der Waals surface area contributed by atoms with Gasteiger partial charge in [-0.15, -0.1) is 0 Å². The first kappa shape index (κ1) is 17.0. The van der Waals surface area contributed by atoms with Crippen molar-refractivity contribution in [2.45, 2.75) is 38.7 Å². The van der Waals surface area contributed by atoms with E-state index in [1.165, 1.54) is 5.56 Å². The highest BCUT2D eigenvalue weighted by Crippen LogP contribution is 2.11. The first-order valence-electron chi connectivity index (χ1n) is 7.07. The topological polar surface area (TPSA) is 98.7 Å². The summed E-state index contributed by atoms with van der Waals surface area (Å²) < 4.78 is 0. The molecule has 1 aromatic carbocycles. The van der Waals surface area contributed by atoms with Crippen LogP contribution in [0.2, 0.25) is 0 Å². The number of carbonyl (C=O) groups excluding carboxylic acids is 1. The van der Waals surface area contributed by atoms with Crippen molar-refractivity contribution in [1.29, 1.82) is 0 Å². The van der Waals surface area contributed by atoms with Gasteiger partial charge in [0, 0.05) is 18.7 Å². The standard InChI is InChI=1S/C15H22N2O4/c1-2-3-4-11-5-7-12(8-6-11)17-15(21)16-10-9-13(18)14(19)20/h5-8,13,18H,2-4,9-10H2,1H3,(H,19,20)(H2,16,17,21)/t13-/m0/s1. The minimum atomic E-state index is -1.46. The van der Waals surface area contributed by atoms with Gasteiger partial charge in [0.15, 0.2) is 6.10 Å². The molecule has 1 rings (SSSR count). The molecular formula is C15H22N2O4. The van der Waals surface area contributed by atoms with E-state index in [1.807, 2.05) is 24.3 Å². The SMILES string of the molecule is CCCCc1ccc(NC(=O)NCC[C@H](O)C(=O)O)cc1. The minimum absolute atomic E-state index is 0.0291. The molecule has 0 aliphatic carbocycles. The molecule has 0 spiro atoms. The molecule has 6 heteroatoms. The van der Waals surface area contributed by atoms with Gasteiger partial charge in [0.05, 0.1) is 0 Å². The van der Waals surface area contributed by atoms with E-state index in [-0.39, 0.29) is 13.0 Å². The second-order valence-electron chi connectivity index (χ2n) is 4.82. The molecule has 0 aromatic heterocycles. The maximum Gasteiger partial charge on any atom is 0.332 e. The van der Waals surface area contributed by atoms with Crippen LogP contribution < -0.4 is 10.6 Å². The fourth-order valence-electron chi connectivity index (χ4n) is 1.76. The van der Waals surface area contributed by atoms with Gasteiger partial charge in [-0.2, -0.15) is 0 Å². The number of aryl methyl sites for hydroxylation is 1. The molecule has 2 amide bonds. The summed E-state index contributed by atoms with van der Waals surface area (Å²) in [7, 11) is 0. The predicted octanol–water partition coefficient (Wildman–Crippen LogP) is 1.99. The molecule has 0 bridgehead atoms. The van der Waals surface area contributed by atoms with Crippen molar-refractivity contribution >= 4 is 17.7 Å². The lowest BCUT2D eigenvalue weighted by Gasteiger charge is -2.09. The van der Waals surface area contributed by atoms with Gasteiger partial charge >= 0.3 is 12.0 Å². The molecule has 21 heavy (non-hydrogen) atoms. The molecule has 0 heterocycles. The lowest BCUT2D eigenvalue weighted by atomic mass is 10.1. The fourth-order valence-corrected chi connectivity index (χ4v) is 1.76. The number of carbonyl (C=O) groups is 2. The Bertz CT molecular complexity index is 459. The summed E-state index contributed by atoms with van der Waals surface area (Å²) in [5.41, 5.74) is 1.90. The van der Waals surface area contributed by atoms with Gasteiger partial charge in [-0.1, -0.05) is 25.5 Å². The molecule has 0 saturated carbocycles. The van der Waals surface area contributed by atoms with Crippen LogP contribution in [0, 0.1) is 0 Å². The van der Waals surface area contributed by atoms with Crippen molar-refractivity contribution in [3.63, 3.8) is 0 Å². The number of hydrogen-bond acceptors (Lipinski definition) is 3. The van der Waals surface area contributed by atoms with Gasteiger partial charge in [0.1, 0.15) is 0 Å². The maximum absolute atomic E-state index is 11.6. The van der Waals surface area contributed by atoms with Gasteiger partial charge in [0.25, 0.3) is 0 Å². The normalized spacial score (nSPS) is 11.7. The number of anilines is 1. The summed E-state index contributed by atoms with van der Waals surface area (Å²) in [5.74, 6) is -1.29. The number of nitrogens with one attached hydrogen (secondary N) is 2. The number of rotatable bonds is 8. The first-order chi connectivity index (χ1) is 10.0. The van der Waals surface area contributed by atoms with E-state index in [4.69, 9.17) is 10.2 Å². The second kappa shape index (κ2) is 8.97. The van der Waals surface area contributed by atoms with Crippen molar-refractivity contribution < 1.29 is 19.8 Å². The van der Waals surface area contributed by atoms with Gasteiger partial charge in [-0.3, -0.25) is 0 Å². The Balaban J connectivity index is 2.32. The van der Waals surface area contributed by atoms with Crippen LogP contribution in [-0.2, 0) is 11.2 Å². The minimum Gasteiger partial charge on any atom is -0.479 e. The van der Waals surface area contributed by atoms with Crippen molar-refractivity contribution in [1.82, 2.24) is 5.32 Å². The predicted molar refractivity (Wildman–Crippen MR) is 80.3 cm³/mol. The number of aliphatic hydroxyl groups is 1. The first-order valence-corrected chi connectivity index (χ1v) is 7.07. The van der Waals surface area contributed by atoms with E-state index in [9.17, 15) is 9.59 Å². The Morgan fingerprint density at radius 1 is 1.24 bits per heavy atom. The third-order valence-corrected chi connectivity index (χ3v) is 3.02. The summed E-state index contributed by atoms with van der Waals surface area (Å²) in [6.07, 6.45) is 1.82. The van der Waals surface area contributed by atoms with Crippen molar-refractivity contribution in [3.8, 4) is 0 Å². The number of aliphatic hydroxyl groups excluding tert-OH is 1. The highest BCUT2D eigenvalue weighted by molar-refractivity contribution is 5.89. The lowest BCUT2D eigenvalue weighted by molar-refractivity contribution is -0.146. The zero-order chi connectivity index (χ0) is 15.7. The zero-order valence-electron chi connectivity index (χ0n) is 12.1. The van der Waals surface area contributed by atoms with Crippen molar-refractivity contribution in [2.24, 2.45) is 0 Å². The Morgan fingerprint density at radius 2 is 1.90 bits per heavy atom. The number of carboxylic acid groups (broad SMARTS) is 1. The number of unbranched alkanes of at least 4 members (excludes halogenated alkanes) is 1. The molecule has 0 unspecified atom stereocenters. The van der Waals surface area contributed by atoms with Crippen molar-refractivity contribution in [2.75, 3.05) is 11.9 Å². The quantitative estimate of drug-likeness (QED) is 0.589. The Morgan fingerprint density at radius 3 is 2.48 bits per heavy atom. The number of urea groups is 1. The third kappa shape index (κ3) is 6.76. The summed E-state index contributed by atoms with van der Waals surface area (Å²) in [6, 6.07) is 7.18. The smallest absolute Gasteiger partial charge is 0.332 e. The van der Waals surface area contributed by atoms with E-state index in [0.717, 1.165) is 19.3 Å². The van der Waals surface area contributed by atoms with Crippen LogP contribution in [0.15, 0.2) is 24.3 Å². The lowest BCUT2D eigenvalue weighted by Crippen LogP contribution is -2.33. The maximum atomic E-state index is 11.6. The van der Waals surface area contributed by atoms with Gasteiger partial charge in [-0.25, -0.2) is 9.59 Å². The molecule has 116 valence electrons. The average Bonchev–Trinajstić information content (AvgIpc) is 2.46.